The first-order valence-electron chi connectivity index (χ1n) is 23.2. The van der Waals surface area contributed by atoms with Crippen LogP contribution in [0.2, 0.25) is 0 Å². The molecule has 5 aromatic heterocycles. The van der Waals surface area contributed by atoms with E-state index >= 15 is 0 Å². The van der Waals surface area contributed by atoms with Crippen LogP contribution >= 0.6 is 0 Å². The molecule has 0 fully saturated rings. The summed E-state index contributed by atoms with van der Waals surface area (Å²) in [4.78, 5) is 20.5. The van der Waals surface area contributed by atoms with Crippen LogP contribution in [0.5, 0.6) is 0 Å². The van der Waals surface area contributed by atoms with E-state index in [4.69, 9.17) is 19.9 Å². The predicted molar refractivity (Wildman–Crippen MR) is 282 cm³/mol. The third-order valence-electron chi connectivity index (χ3n) is 13.5. The van der Waals surface area contributed by atoms with Gasteiger partial charge in [0.1, 0.15) is 0 Å². The Balaban J connectivity index is 1.08. The summed E-state index contributed by atoms with van der Waals surface area (Å²) in [7, 11) is 0. The van der Waals surface area contributed by atoms with E-state index in [1.54, 1.807) is 0 Å². The van der Waals surface area contributed by atoms with Crippen LogP contribution in [0.4, 0.5) is 0 Å². The molecule has 0 aliphatic heterocycles. The zero-order valence-electron chi connectivity index (χ0n) is 37.1. The Kier molecular flexibility index (Phi) is 8.75. The van der Waals surface area contributed by atoms with E-state index in [1.807, 2.05) is 60.8 Å². The number of hydrogen-bond donors (Lipinski definition) is 0. The van der Waals surface area contributed by atoms with Crippen LogP contribution in [-0.4, -0.2) is 33.6 Å². The standard InChI is InChI=1S/C62H39N7/c1-3-17-40(18-4-1)60-64-61(41-19-5-2-6-20-41)66-62(65-60)51-37-42(52-25-15-16-36-63-52)30-33-59(51)69-57-34-31-43(67-53-26-11-7-21-45(53)46-22-8-12-27-54(46)67)38-49(57)50-39-44(32-35-58(50)69)68-55-28-13-9-23-47(55)48-24-10-14-29-56(48)68/h1-39H. The Labute approximate surface area is 396 Å². The molecule has 14 aromatic rings. The quantitative estimate of drug-likeness (QED) is 0.160. The molecular formula is C62H39N7. The molecule has 0 spiro atoms. The molecule has 0 unspecified atom stereocenters. The minimum Gasteiger partial charge on any atom is -0.309 e. The summed E-state index contributed by atoms with van der Waals surface area (Å²) in [5.41, 5.74) is 14.4. The lowest BCUT2D eigenvalue weighted by Crippen LogP contribution is -2.04. The summed E-state index contributed by atoms with van der Waals surface area (Å²) < 4.78 is 7.19. The minimum absolute atomic E-state index is 0.564. The van der Waals surface area contributed by atoms with E-state index in [-0.39, 0.29) is 0 Å². The fraction of sp³-hybridized carbons (Fsp3) is 0. The van der Waals surface area contributed by atoms with Crippen molar-refractivity contribution in [1.82, 2.24) is 33.6 Å². The van der Waals surface area contributed by atoms with E-state index in [1.165, 1.54) is 43.6 Å². The van der Waals surface area contributed by atoms with Crippen molar-refractivity contribution in [3.63, 3.8) is 0 Å². The second-order valence-corrected chi connectivity index (χ2v) is 17.5. The lowest BCUT2D eigenvalue weighted by Gasteiger charge is -2.16. The Morgan fingerprint density at radius 2 is 0.696 bits per heavy atom. The van der Waals surface area contributed by atoms with Crippen LogP contribution in [0.25, 0.3) is 128 Å². The van der Waals surface area contributed by atoms with Crippen molar-refractivity contribution in [3.05, 3.63) is 237 Å². The molecule has 5 heterocycles. The fourth-order valence-electron chi connectivity index (χ4n) is 10.5. The number of para-hydroxylation sites is 4. The van der Waals surface area contributed by atoms with Gasteiger partial charge in [-0.1, -0.05) is 146 Å². The normalized spacial score (nSPS) is 11.8. The molecular weight excluding hydrogens is 843 g/mol. The third-order valence-corrected chi connectivity index (χ3v) is 13.5. The molecule has 0 bridgehead atoms. The number of hydrogen-bond acceptors (Lipinski definition) is 4. The highest BCUT2D eigenvalue weighted by Crippen LogP contribution is 2.42. The van der Waals surface area contributed by atoms with Gasteiger partial charge in [0.05, 0.1) is 44.5 Å². The Morgan fingerprint density at radius 3 is 1.16 bits per heavy atom. The van der Waals surface area contributed by atoms with Gasteiger partial charge in [-0.2, -0.15) is 0 Å². The maximum Gasteiger partial charge on any atom is 0.166 e. The predicted octanol–water partition coefficient (Wildman–Crippen LogP) is 15.2. The molecule has 0 saturated heterocycles. The van der Waals surface area contributed by atoms with Crippen molar-refractivity contribution in [1.29, 1.82) is 0 Å². The van der Waals surface area contributed by atoms with Gasteiger partial charge in [-0.3, -0.25) is 4.98 Å². The number of nitrogens with zero attached hydrogens (tertiary/aromatic N) is 7. The maximum atomic E-state index is 5.31. The molecule has 69 heavy (non-hydrogen) atoms. The number of pyridine rings is 1. The average molecular weight is 882 g/mol. The molecule has 0 aliphatic carbocycles. The molecule has 322 valence electrons. The number of benzene rings is 9. The lowest BCUT2D eigenvalue weighted by molar-refractivity contribution is 1.06. The number of rotatable bonds is 7. The highest BCUT2D eigenvalue weighted by molar-refractivity contribution is 6.14. The van der Waals surface area contributed by atoms with Gasteiger partial charge in [-0.25, -0.2) is 15.0 Å². The lowest BCUT2D eigenvalue weighted by atomic mass is 10.0. The summed E-state index contributed by atoms with van der Waals surface area (Å²) in [5.74, 6) is 1.76. The van der Waals surface area contributed by atoms with Crippen molar-refractivity contribution >= 4 is 65.4 Å². The smallest absolute Gasteiger partial charge is 0.166 e. The summed E-state index contributed by atoms with van der Waals surface area (Å²) in [6.07, 6.45) is 1.84. The van der Waals surface area contributed by atoms with E-state index in [2.05, 4.69) is 190 Å². The molecule has 7 nitrogen and oxygen atoms in total. The fourth-order valence-corrected chi connectivity index (χ4v) is 10.5. The average Bonchev–Trinajstić information content (AvgIpc) is 4.06. The second kappa shape index (κ2) is 15.6. The third kappa shape index (κ3) is 6.21. The molecule has 7 heteroatoms. The largest absolute Gasteiger partial charge is 0.309 e. The van der Waals surface area contributed by atoms with Crippen molar-refractivity contribution in [2.75, 3.05) is 0 Å². The highest BCUT2D eigenvalue weighted by Gasteiger charge is 2.23. The van der Waals surface area contributed by atoms with E-state index in [0.717, 1.165) is 66.8 Å². The first kappa shape index (κ1) is 38.8. The van der Waals surface area contributed by atoms with Gasteiger partial charge in [-0.15, -0.1) is 0 Å². The summed E-state index contributed by atoms with van der Waals surface area (Å²) in [6, 6.07) is 81.5. The van der Waals surface area contributed by atoms with Crippen LogP contribution in [-0.2, 0) is 0 Å². The summed E-state index contributed by atoms with van der Waals surface area (Å²) in [6.45, 7) is 0. The van der Waals surface area contributed by atoms with Gasteiger partial charge in [0.2, 0.25) is 0 Å². The zero-order chi connectivity index (χ0) is 45.4. The van der Waals surface area contributed by atoms with E-state index < -0.39 is 0 Å². The number of fused-ring (bicyclic) bond motifs is 9. The van der Waals surface area contributed by atoms with Crippen LogP contribution < -0.4 is 0 Å². The number of aromatic nitrogens is 7. The second-order valence-electron chi connectivity index (χ2n) is 17.5. The molecule has 14 rings (SSSR count). The van der Waals surface area contributed by atoms with Crippen LogP contribution in [0.3, 0.4) is 0 Å². The Morgan fingerprint density at radius 1 is 0.275 bits per heavy atom. The van der Waals surface area contributed by atoms with Gasteiger partial charge < -0.3 is 13.7 Å². The van der Waals surface area contributed by atoms with Crippen LogP contribution in [0.1, 0.15) is 0 Å². The SMILES string of the molecule is c1ccc(-c2nc(-c3ccccc3)nc(-c3cc(-c4ccccn4)ccc3-n3c4ccc(-n5c6ccccc6c6ccccc65)cc4c4cc(-n5c6ccccc6c6ccccc65)ccc43)n2)cc1. The van der Waals surface area contributed by atoms with Gasteiger partial charge in [0.15, 0.2) is 17.5 Å². The summed E-state index contributed by atoms with van der Waals surface area (Å²) in [5, 5.41) is 7.15. The van der Waals surface area contributed by atoms with Gasteiger partial charge in [-0.05, 0) is 84.9 Å². The van der Waals surface area contributed by atoms with Crippen LogP contribution in [0.15, 0.2) is 237 Å². The molecule has 0 radical (unpaired) electrons. The first-order chi connectivity index (χ1) is 34.2. The topological polar surface area (TPSA) is 66.3 Å². The molecule has 0 aliphatic rings. The van der Waals surface area contributed by atoms with E-state index in [9.17, 15) is 0 Å². The minimum atomic E-state index is 0.564. The van der Waals surface area contributed by atoms with Crippen molar-refractivity contribution in [3.8, 4) is 62.5 Å². The maximum absolute atomic E-state index is 5.31. The molecule has 0 saturated carbocycles. The van der Waals surface area contributed by atoms with Crippen molar-refractivity contribution < 1.29 is 0 Å². The van der Waals surface area contributed by atoms with Crippen LogP contribution in [0, 0.1) is 0 Å². The Hall–Kier alpha value is -9.46. The molecule has 0 amide bonds. The van der Waals surface area contributed by atoms with Gasteiger partial charge in [0.25, 0.3) is 0 Å². The highest BCUT2D eigenvalue weighted by atomic mass is 15.1. The first-order valence-corrected chi connectivity index (χ1v) is 23.2. The van der Waals surface area contributed by atoms with Crippen molar-refractivity contribution in [2.24, 2.45) is 0 Å². The zero-order valence-corrected chi connectivity index (χ0v) is 37.1. The monoisotopic (exact) mass is 881 g/mol. The van der Waals surface area contributed by atoms with Gasteiger partial charge in [0, 0.05) is 72.1 Å². The van der Waals surface area contributed by atoms with Gasteiger partial charge >= 0.3 is 0 Å². The molecule has 0 atom stereocenters. The summed E-state index contributed by atoms with van der Waals surface area (Å²) >= 11 is 0. The van der Waals surface area contributed by atoms with E-state index in [0.29, 0.717) is 17.5 Å². The Bertz CT molecular complexity index is 3970. The van der Waals surface area contributed by atoms with Crippen molar-refractivity contribution in [2.45, 2.75) is 0 Å². The molecule has 0 N–H and O–H groups in total. The molecule has 9 aromatic carbocycles.